The maximum atomic E-state index is 5.62. The summed E-state index contributed by atoms with van der Waals surface area (Å²) < 4.78 is 10.9. The van der Waals surface area contributed by atoms with Crippen LogP contribution in [0.25, 0.3) is 0 Å². The second-order valence-corrected chi connectivity index (χ2v) is 4.30. The van der Waals surface area contributed by atoms with E-state index in [0.29, 0.717) is 6.54 Å². The van der Waals surface area contributed by atoms with Crippen molar-refractivity contribution in [3.63, 3.8) is 0 Å². The highest BCUT2D eigenvalue weighted by Gasteiger charge is 2.18. The number of hydrogen-bond donors (Lipinski definition) is 2. The minimum Gasteiger partial charge on any atom is -0.496 e. The lowest BCUT2D eigenvalue weighted by atomic mass is 10.1. The van der Waals surface area contributed by atoms with E-state index in [1.54, 1.807) is 14.2 Å². The monoisotopic (exact) mass is 251 g/mol. The second-order valence-electron chi connectivity index (χ2n) is 4.30. The fraction of sp³-hybridized carbons (Fsp3) is 0.538. The SMILES string of the molecule is COc1cc(N2CCNC2)c(OC)cc1CCN. The van der Waals surface area contributed by atoms with Gasteiger partial charge in [-0.15, -0.1) is 0 Å². The van der Waals surface area contributed by atoms with Gasteiger partial charge in [0.25, 0.3) is 0 Å². The maximum absolute atomic E-state index is 5.62. The van der Waals surface area contributed by atoms with E-state index in [0.717, 1.165) is 48.9 Å². The van der Waals surface area contributed by atoms with Gasteiger partial charge in [0.2, 0.25) is 0 Å². The Bertz CT molecular complexity index is 403. The number of ether oxygens (including phenoxy) is 2. The van der Waals surface area contributed by atoms with Crippen molar-refractivity contribution in [3.05, 3.63) is 17.7 Å². The summed E-state index contributed by atoms with van der Waals surface area (Å²) >= 11 is 0. The van der Waals surface area contributed by atoms with Gasteiger partial charge in [-0.3, -0.25) is 5.32 Å². The van der Waals surface area contributed by atoms with Gasteiger partial charge < -0.3 is 20.1 Å². The number of methoxy groups -OCH3 is 2. The lowest BCUT2D eigenvalue weighted by Gasteiger charge is -2.22. The zero-order chi connectivity index (χ0) is 13.0. The van der Waals surface area contributed by atoms with Crippen LogP contribution in [-0.4, -0.2) is 40.5 Å². The molecule has 1 aromatic carbocycles. The average Bonchev–Trinajstić information content (AvgIpc) is 2.92. The molecule has 0 saturated carbocycles. The normalized spacial score (nSPS) is 14.9. The molecular formula is C13H21N3O2. The molecule has 0 radical (unpaired) electrons. The predicted octanol–water partition coefficient (Wildman–Crippen LogP) is 0.572. The number of anilines is 1. The summed E-state index contributed by atoms with van der Waals surface area (Å²) in [6, 6.07) is 4.07. The number of nitrogens with zero attached hydrogens (tertiary/aromatic N) is 1. The zero-order valence-electron chi connectivity index (χ0n) is 11.0. The molecule has 5 nitrogen and oxygen atoms in total. The van der Waals surface area contributed by atoms with E-state index in [-0.39, 0.29) is 0 Å². The lowest BCUT2D eigenvalue weighted by molar-refractivity contribution is 0.399. The topological polar surface area (TPSA) is 59.8 Å². The van der Waals surface area contributed by atoms with Gasteiger partial charge >= 0.3 is 0 Å². The molecule has 0 aliphatic carbocycles. The molecule has 18 heavy (non-hydrogen) atoms. The molecule has 0 spiro atoms. The summed E-state index contributed by atoms with van der Waals surface area (Å²) in [4.78, 5) is 2.24. The molecule has 0 bridgehead atoms. The quantitative estimate of drug-likeness (QED) is 0.801. The van der Waals surface area contributed by atoms with Crippen LogP contribution in [0.1, 0.15) is 5.56 Å². The van der Waals surface area contributed by atoms with Gasteiger partial charge in [-0.05, 0) is 24.6 Å². The first-order valence-corrected chi connectivity index (χ1v) is 6.20. The van der Waals surface area contributed by atoms with E-state index < -0.39 is 0 Å². The predicted molar refractivity (Wildman–Crippen MR) is 72.5 cm³/mol. The van der Waals surface area contributed by atoms with Crippen molar-refractivity contribution < 1.29 is 9.47 Å². The fourth-order valence-corrected chi connectivity index (χ4v) is 2.26. The maximum Gasteiger partial charge on any atom is 0.142 e. The summed E-state index contributed by atoms with van der Waals surface area (Å²) in [7, 11) is 3.38. The third-order valence-corrected chi connectivity index (χ3v) is 3.20. The first-order chi connectivity index (χ1) is 8.80. The summed E-state index contributed by atoms with van der Waals surface area (Å²) in [5.41, 5.74) is 7.78. The Morgan fingerprint density at radius 3 is 2.61 bits per heavy atom. The Morgan fingerprint density at radius 1 is 1.28 bits per heavy atom. The van der Waals surface area contributed by atoms with Crippen molar-refractivity contribution >= 4 is 5.69 Å². The smallest absolute Gasteiger partial charge is 0.142 e. The van der Waals surface area contributed by atoms with Crippen LogP contribution >= 0.6 is 0 Å². The van der Waals surface area contributed by atoms with Gasteiger partial charge in [-0.25, -0.2) is 0 Å². The van der Waals surface area contributed by atoms with Gasteiger partial charge in [0, 0.05) is 19.2 Å². The molecule has 0 aromatic heterocycles. The molecule has 0 unspecified atom stereocenters. The van der Waals surface area contributed by atoms with Crippen molar-refractivity contribution in [1.82, 2.24) is 5.32 Å². The molecular weight excluding hydrogens is 230 g/mol. The second kappa shape index (κ2) is 5.93. The van der Waals surface area contributed by atoms with Gasteiger partial charge in [0.15, 0.2) is 0 Å². The van der Waals surface area contributed by atoms with Gasteiger partial charge in [0.1, 0.15) is 11.5 Å². The van der Waals surface area contributed by atoms with Crippen molar-refractivity contribution in [2.75, 3.05) is 45.4 Å². The lowest BCUT2D eigenvalue weighted by Crippen LogP contribution is -2.22. The third kappa shape index (κ3) is 2.52. The van der Waals surface area contributed by atoms with Crippen molar-refractivity contribution in [2.45, 2.75) is 6.42 Å². The number of hydrogen-bond acceptors (Lipinski definition) is 5. The zero-order valence-corrected chi connectivity index (χ0v) is 11.0. The van der Waals surface area contributed by atoms with E-state index >= 15 is 0 Å². The highest BCUT2D eigenvalue weighted by Crippen LogP contribution is 2.35. The molecule has 5 heteroatoms. The van der Waals surface area contributed by atoms with E-state index in [2.05, 4.69) is 10.2 Å². The van der Waals surface area contributed by atoms with Crippen LogP contribution < -0.4 is 25.4 Å². The van der Waals surface area contributed by atoms with Crippen LogP contribution in [0.4, 0.5) is 5.69 Å². The van der Waals surface area contributed by atoms with Crippen molar-refractivity contribution in [3.8, 4) is 11.5 Å². The van der Waals surface area contributed by atoms with Crippen molar-refractivity contribution in [1.29, 1.82) is 0 Å². The summed E-state index contributed by atoms with van der Waals surface area (Å²) in [5.74, 6) is 1.76. The molecule has 1 heterocycles. The summed E-state index contributed by atoms with van der Waals surface area (Å²) in [5, 5.41) is 3.31. The third-order valence-electron chi connectivity index (χ3n) is 3.20. The van der Waals surface area contributed by atoms with Gasteiger partial charge in [-0.1, -0.05) is 0 Å². The largest absolute Gasteiger partial charge is 0.496 e. The minimum atomic E-state index is 0.601. The Labute approximate surface area is 108 Å². The molecule has 0 amide bonds. The Hall–Kier alpha value is -1.46. The molecule has 0 atom stereocenters. The van der Waals surface area contributed by atoms with Crippen LogP contribution in [0.2, 0.25) is 0 Å². The van der Waals surface area contributed by atoms with E-state index in [1.807, 2.05) is 12.1 Å². The number of rotatable bonds is 5. The highest BCUT2D eigenvalue weighted by molar-refractivity contribution is 5.64. The van der Waals surface area contributed by atoms with Crippen LogP contribution in [-0.2, 0) is 6.42 Å². The number of benzene rings is 1. The van der Waals surface area contributed by atoms with Crippen LogP contribution in [0.5, 0.6) is 11.5 Å². The summed E-state index contributed by atoms with van der Waals surface area (Å²) in [6.45, 7) is 3.42. The van der Waals surface area contributed by atoms with Crippen molar-refractivity contribution in [2.24, 2.45) is 5.73 Å². The van der Waals surface area contributed by atoms with E-state index in [9.17, 15) is 0 Å². The molecule has 3 N–H and O–H groups in total. The molecule has 2 rings (SSSR count). The van der Waals surface area contributed by atoms with Crippen LogP contribution in [0.3, 0.4) is 0 Å². The van der Waals surface area contributed by atoms with Crippen LogP contribution in [0.15, 0.2) is 12.1 Å². The first-order valence-electron chi connectivity index (χ1n) is 6.20. The fourth-order valence-electron chi connectivity index (χ4n) is 2.26. The number of nitrogens with two attached hydrogens (primary N) is 1. The number of nitrogens with one attached hydrogen (secondary N) is 1. The molecule has 100 valence electrons. The Balaban J connectivity index is 2.38. The van der Waals surface area contributed by atoms with Gasteiger partial charge in [0.05, 0.1) is 26.6 Å². The molecule has 1 aromatic rings. The Kier molecular flexibility index (Phi) is 4.28. The molecule has 1 fully saturated rings. The highest BCUT2D eigenvalue weighted by atomic mass is 16.5. The molecule has 1 saturated heterocycles. The minimum absolute atomic E-state index is 0.601. The standard InChI is InChI=1S/C13H21N3O2/c1-17-12-8-11(16-6-5-15-9-16)13(18-2)7-10(12)3-4-14/h7-8,15H,3-6,9,14H2,1-2H3. The van der Waals surface area contributed by atoms with E-state index in [4.69, 9.17) is 15.2 Å². The Morgan fingerprint density at radius 2 is 2.06 bits per heavy atom. The molecule has 1 aliphatic heterocycles. The van der Waals surface area contributed by atoms with E-state index in [1.165, 1.54) is 0 Å². The summed E-state index contributed by atoms with van der Waals surface area (Å²) in [6.07, 6.45) is 0.790. The van der Waals surface area contributed by atoms with Gasteiger partial charge in [-0.2, -0.15) is 0 Å². The average molecular weight is 251 g/mol. The molecule has 1 aliphatic rings. The first kappa shape index (κ1) is 13.0. The van der Waals surface area contributed by atoms with Crippen LogP contribution in [0, 0.1) is 0 Å².